The van der Waals surface area contributed by atoms with Crippen molar-refractivity contribution in [2.24, 2.45) is 0 Å². The molecule has 0 aromatic carbocycles. The standard InChI is InChI=1S/C11H13F2N5O3/c1-2-3-4-6-14-7(21-16-6)5-18-9(10(12)13)8(11(19)20)15-17-18/h10H,2-5H2,1H3,(H,19,20). The van der Waals surface area contributed by atoms with E-state index in [9.17, 15) is 13.6 Å². The Labute approximate surface area is 117 Å². The fourth-order valence-electron chi connectivity index (χ4n) is 1.72. The first kappa shape index (κ1) is 15.0. The molecule has 8 nitrogen and oxygen atoms in total. The van der Waals surface area contributed by atoms with Crippen LogP contribution in [0.5, 0.6) is 0 Å². The molecule has 0 aliphatic carbocycles. The van der Waals surface area contributed by atoms with Crippen molar-refractivity contribution in [2.75, 3.05) is 0 Å². The minimum atomic E-state index is -3.02. The molecule has 0 saturated heterocycles. The third-order valence-electron chi connectivity index (χ3n) is 2.73. The minimum Gasteiger partial charge on any atom is -0.476 e. The van der Waals surface area contributed by atoms with Crippen LogP contribution in [0.4, 0.5) is 8.78 Å². The summed E-state index contributed by atoms with van der Waals surface area (Å²) in [6, 6.07) is 0. The van der Waals surface area contributed by atoms with Crippen LogP contribution in [0.25, 0.3) is 0 Å². The average Bonchev–Trinajstić information content (AvgIpc) is 3.03. The minimum absolute atomic E-state index is 0.0739. The topological polar surface area (TPSA) is 107 Å². The largest absolute Gasteiger partial charge is 0.476 e. The van der Waals surface area contributed by atoms with Crippen LogP contribution < -0.4 is 0 Å². The summed E-state index contributed by atoms with van der Waals surface area (Å²) in [5.74, 6) is -1.01. The van der Waals surface area contributed by atoms with E-state index in [1.807, 2.05) is 6.92 Å². The Morgan fingerprint density at radius 1 is 1.48 bits per heavy atom. The zero-order chi connectivity index (χ0) is 15.4. The molecule has 2 heterocycles. The van der Waals surface area contributed by atoms with Gasteiger partial charge in [-0.3, -0.25) is 0 Å². The predicted octanol–water partition coefficient (Wildman–Crippen LogP) is 1.69. The predicted molar refractivity (Wildman–Crippen MR) is 64.0 cm³/mol. The monoisotopic (exact) mass is 301 g/mol. The summed E-state index contributed by atoms with van der Waals surface area (Å²) in [5, 5.41) is 19.1. The van der Waals surface area contributed by atoms with E-state index in [0.717, 1.165) is 17.5 Å². The van der Waals surface area contributed by atoms with Crippen LogP contribution in [-0.2, 0) is 13.0 Å². The van der Waals surface area contributed by atoms with Crippen LogP contribution in [0.1, 0.15) is 54.1 Å². The van der Waals surface area contributed by atoms with E-state index in [-0.39, 0.29) is 12.4 Å². The van der Waals surface area contributed by atoms with E-state index in [0.29, 0.717) is 12.2 Å². The van der Waals surface area contributed by atoms with E-state index >= 15 is 0 Å². The van der Waals surface area contributed by atoms with Crippen molar-refractivity contribution in [2.45, 2.75) is 39.2 Å². The van der Waals surface area contributed by atoms with E-state index in [4.69, 9.17) is 9.63 Å². The number of carboxylic acids is 1. The maximum Gasteiger partial charge on any atom is 0.358 e. The maximum atomic E-state index is 12.9. The summed E-state index contributed by atoms with van der Waals surface area (Å²) in [5.41, 5.74) is -1.56. The quantitative estimate of drug-likeness (QED) is 0.829. The van der Waals surface area contributed by atoms with Crippen molar-refractivity contribution in [1.82, 2.24) is 25.1 Å². The summed E-state index contributed by atoms with van der Waals surface area (Å²) in [6.07, 6.45) is -0.550. The van der Waals surface area contributed by atoms with Crippen molar-refractivity contribution in [1.29, 1.82) is 0 Å². The second kappa shape index (κ2) is 6.37. The van der Waals surface area contributed by atoms with Gasteiger partial charge in [-0.2, -0.15) is 4.98 Å². The first-order valence-corrected chi connectivity index (χ1v) is 6.29. The Morgan fingerprint density at radius 2 is 2.24 bits per heavy atom. The van der Waals surface area contributed by atoms with Crippen molar-refractivity contribution in [3.05, 3.63) is 23.1 Å². The lowest BCUT2D eigenvalue weighted by Gasteiger charge is -2.02. The first-order chi connectivity index (χ1) is 10.0. The molecule has 2 aromatic heterocycles. The molecule has 0 bridgehead atoms. The normalized spacial score (nSPS) is 11.2. The van der Waals surface area contributed by atoms with Gasteiger partial charge < -0.3 is 9.63 Å². The molecule has 0 aliphatic heterocycles. The van der Waals surface area contributed by atoms with Crippen molar-refractivity contribution < 1.29 is 23.2 Å². The molecular formula is C11H13F2N5O3. The van der Waals surface area contributed by atoms with Crippen LogP contribution >= 0.6 is 0 Å². The van der Waals surface area contributed by atoms with Crippen LogP contribution in [0.15, 0.2) is 4.52 Å². The number of alkyl halides is 2. The zero-order valence-corrected chi connectivity index (χ0v) is 11.2. The molecule has 0 saturated carbocycles. The van der Waals surface area contributed by atoms with Gasteiger partial charge in [0.15, 0.2) is 11.5 Å². The third-order valence-corrected chi connectivity index (χ3v) is 2.73. The molecule has 0 aliphatic rings. The lowest BCUT2D eigenvalue weighted by atomic mass is 10.2. The van der Waals surface area contributed by atoms with Gasteiger partial charge in [0.1, 0.15) is 12.2 Å². The van der Waals surface area contributed by atoms with E-state index in [2.05, 4.69) is 20.5 Å². The molecule has 0 amide bonds. The number of carboxylic acid groups (broad SMARTS) is 1. The lowest BCUT2D eigenvalue weighted by Crippen LogP contribution is -2.10. The number of aryl methyl sites for hydroxylation is 1. The molecule has 0 radical (unpaired) electrons. The van der Waals surface area contributed by atoms with Gasteiger partial charge in [0.2, 0.25) is 5.89 Å². The summed E-state index contributed by atoms with van der Waals surface area (Å²) >= 11 is 0. The van der Waals surface area contributed by atoms with E-state index < -0.39 is 23.8 Å². The number of unbranched alkanes of at least 4 members (excludes halogenated alkanes) is 1. The Hall–Kier alpha value is -2.39. The van der Waals surface area contributed by atoms with E-state index in [1.54, 1.807) is 0 Å². The molecule has 0 unspecified atom stereocenters. The highest BCUT2D eigenvalue weighted by atomic mass is 19.3. The SMILES string of the molecule is CCCCc1noc(Cn2nnc(C(=O)O)c2C(F)F)n1. The summed E-state index contributed by atoms with van der Waals surface area (Å²) in [4.78, 5) is 14.9. The van der Waals surface area contributed by atoms with Gasteiger partial charge in [-0.05, 0) is 6.42 Å². The second-order valence-electron chi connectivity index (χ2n) is 4.29. The molecule has 0 spiro atoms. The highest BCUT2D eigenvalue weighted by molar-refractivity contribution is 5.86. The Kier molecular flexibility index (Phi) is 4.55. The number of hydrogen-bond acceptors (Lipinski definition) is 6. The average molecular weight is 301 g/mol. The van der Waals surface area contributed by atoms with Crippen LogP contribution in [0.2, 0.25) is 0 Å². The molecule has 1 N–H and O–H groups in total. The van der Waals surface area contributed by atoms with Crippen molar-refractivity contribution in [3.63, 3.8) is 0 Å². The molecule has 10 heteroatoms. The molecule has 2 rings (SSSR count). The summed E-state index contributed by atoms with van der Waals surface area (Å²) in [6.45, 7) is 1.76. The number of halogens is 2. The Balaban J connectivity index is 2.19. The van der Waals surface area contributed by atoms with Crippen LogP contribution in [0, 0.1) is 0 Å². The fraction of sp³-hybridized carbons (Fsp3) is 0.545. The number of hydrogen-bond donors (Lipinski definition) is 1. The number of aromatic carboxylic acids is 1. The first-order valence-electron chi connectivity index (χ1n) is 6.29. The fourth-order valence-corrected chi connectivity index (χ4v) is 1.72. The van der Waals surface area contributed by atoms with Crippen molar-refractivity contribution in [3.8, 4) is 0 Å². The molecule has 0 fully saturated rings. The maximum absolute atomic E-state index is 12.9. The molecular weight excluding hydrogens is 288 g/mol. The van der Waals surface area contributed by atoms with Gasteiger partial charge in [-0.15, -0.1) is 5.10 Å². The number of aromatic nitrogens is 5. The van der Waals surface area contributed by atoms with Gasteiger partial charge in [0.25, 0.3) is 6.43 Å². The van der Waals surface area contributed by atoms with Gasteiger partial charge >= 0.3 is 5.97 Å². The molecule has 0 atom stereocenters. The number of carbonyl (C=O) groups is 1. The number of nitrogens with zero attached hydrogens (tertiary/aromatic N) is 5. The highest BCUT2D eigenvalue weighted by Crippen LogP contribution is 2.22. The highest BCUT2D eigenvalue weighted by Gasteiger charge is 2.27. The van der Waals surface area contributed by atoms with Gasteiger partial charge in [0.05, 0.1) is 0 Å². The Morgan fingerprint density at radius 3 is 2.86 bits per heavy atom. The van der Waals surface area contributed by atoms with Gasteiger partial charge in [-0.1, -0.05) is 23.7 Å². The molecule has 21 heavy (non-hydrogen) atoms. The van der Waals surface area contributed by atoms with Crippen LogP contribution in [0.3, 0.4) is 0 Å². The third kappa shape index (κ3) is 3.38. The molecule has 2 aromatic rings. The van der Waals surface area contributed by atoms with Crippen LogP contribution in [-0.4, -0.2) is 36.2 Å². The van der Waals surface area contributed by atoms with Gasteiger partial charge in [-0.25, -0.2) is 18.3 Å². The van der Waals surface area contributed by atoms with Crippen molar-refractivity contribution >= 4 is 5.97 Å². The second-order valence-corrected chi connectivity index (χ2v) is 4.29. The Bertz CT molecular complexity index is 625. The van der Waals surface area contributed by atoms with E-state index in [1.165, 1.54) is 0 Å². The summed E-state index contributed by atoms with van der Waals surface area (Å²) < 4.78 is 31.5. The zero-order valence-electron chi connectivity index (χ0n) is 11.2. The summed E-state index contributed by atoms with van der Waals surface area (Å²) in [7, 11) is 0. The molecule has 114 valence electrons. The number of rotatable bonds is 7. The smallest absolute Gasteiger partial charge is 0.358 e. The van der Waals surface area contributed by atoms with Gasteiger partial charge in [0, 0.05) is 6.42 Å². The lowest BCUT2D eigenvalue weighted by molar-refractivity contribution is 0.0675.